The van der Waals surface area contributed by atoms with E-state index in [0.29, 0.717) is 16.7 Å². The summed E-state index contributed by atoms with van der Waals surface area (Å²) in [6.07, 6.45) is 1.27. The average molecular weight is 342 g/mol. The van der Waals surface area contributed by atoms with Gasteiger partial charge in [-0.25, -0.2) is 4.98 Å². The molecule has 3 rings (SSSR count). The van der Waals surface area contributed by atoms with Crippen LogP contribution < -0.4 is 10.9 Å². The Hall–Kier alpha value is -3.49. The fourth-order valence-corrected chi connectivity index (χ4v) is 2.15. The fourth-order valence-electron chi connectivity index (χ4n) is 2.15. The number of esters is 1. The number of nitrogens with zero attached hydrogens (tertiary/aromatic N) is 3. The van der Waals surface area contributed by atoms with E-state index in [1.165, 1.54) is 12.4 Å². The fraction of sp³-hybridized carbons (Fsp3) is 0.188. The van der Waals surface area contributed by atoms with Gasteiger partial charge < -0.3 is 14.6 Å². The lowest BCUT2D eigenvalue weighted by atomic mass is 10.2. The van der Waals surface area contributed by atoms with Crippen LogP contribution in [0.5, 0.6) is 0 Å². The number of ether oxygens (including phenoxy) is 1. The van der Waals surface area contributed by atoms with Crippen molar-refractivity contribution >= 4 is 28.6 Å². The summed E-state index contributed by atoms with van der Waals surface area (Å²) in [6.45, 7) is 0.839. The quantitative estimate of drug-likeness (QED) is 0.684. The number of hydrogen-bond donors (Lipinski definition) is 1. The number of rotatable bonds is 5. The zero-order valence-corrected chi connectivity index (χ0v) is 13.3. The van der Waals surface area contributed by atoms with Gasteiger partial charge in [0.05, 0.1) is 17.2 Å². The summed E-state index contributed by atoms with van der Waals surface area (Å²) in [5.74, 6) is -0.528. The minimum absolute atomic E-state index is 0.230. The van der Waals surface area contributed by atoms with Crippen molar-refractivity contribution in [3.8, 4) is 0 Å². The first-order chi connectivity index (χ1) is 12.0. The van der Waals surface area contributed by atoms with E-state index in [-0.39, 0.29) is 17.9 Å². The van der Waals surface area contributed by atoms with Crippen molar-refractivity contribution in [2.45, 2.75) is 13.5 Å². The maximum absolute atomic E-state index is 12.3. The molecule has 3 aromatic rings. The van der Waals surface area contributed by atoms with Crippen LogP contribution in [0.25, 0.3) is 10.9 Å². The third kappa shape index (κ3) is 3.89. The highest BCUT2D eigenvalue weighted by Gasteiger charge is 2.12. The van der Waals surface area contributed by atoms with Gasteiger partial charge in [0.25, 0.3) is 11.5 Å². The maximum Gasteiger partial charge on any atom is 0.326 e. The Morgan fingerprint density at radius 2 is 2.12 bits per heavy atom. The van der Waals surface area contributed by atoms with E-state index >= 15 is 0 Å². The van der Waals surface area contributed by atoms with E-state index in [1.807, 2.05) is 0 Å². The Morgan fingerprint density at radius 3 is 2.88 bits per heavy atom. The van der Waals surface area contributed by atoms with Crippen LogP contribution in [0.2, 0.25) is 0 Å². The van der Waals surface area contributed by atoms with Crippen molar-refractivity contribution in [3.63, 3.8) is 0 Å². The number of carbonyl (C=O) groups excluding carboxylic acids is 2. The molecule has 128 valence electrons. The molecule has 1 aromatic carbocycles. The van der Waals surface area contributed by atoms with Crippen molar-refractivity contribution in [2.75, 3.05) is 11.9 Å². The van der Waals surface area contributed by atoms with Gasteiger partial charge >= 0.3 is 5.97 Å². The lowest BCUT2D eigenvalue weighted by Crippen LogP contribution is -2.28. The number of aryl methyl sites for hydroxylation is 1. The zero-order valence-electron chi connectivity index (χ0n) is 13.3. The predicted octanol–water partition coefficient (Wildman–Crippen LogP) is 0.875. The van der Waals surface area contributed by atoms with Crippen LogP contribution in [0.1, 0.15) is 5.76 Å². The number of para-hydroxylation sites is 1. The molecule has 0 unspecified atom stereocenters. The molecule has 0 spiro atoms. The lowest BCUT2D eigenvalue weighted by Gasteiger charge is -2.07. The second kappa shape index (κ2) is 6.95. The van der Waals surface area contributed by atoms with Crippen molar-refractivity contribution in [1.82, 2.24) is 14.7 Å². The first-order valence-electron chi connectivity index (χ1n) is 7.36. The summed E-state index contributed by atoms with van der Waals surface area (Å²) in [7, 11) is 0. The van der Waals surface area contributed by atoms with Crippen LogP contribution in [0.15, 0.2) is 46.0 Å². The molecule has 0 bridgehead atoms. The average Bonchev–Trinajstić information content (AvgIpc) is 3.00. The molecule has 0 radical (unpaired) electrons. The Kier molecular flexibility index (Phi) is 4.55. The number of benzene rings is 1. The number of hydrogen-bond acceptors (Lipinski definition) is 7. The van der Waals surface area contributed by atoms with Crippen molar-refractivity contribution < 1.29 is 18.8 Å². The van der Waals surface area contributed by atoms with Crippen molar-refractivity contribution in [2.24, 2.45) is 0 Å². The third-order valence-corrected chi connectivity index (χ3v) is 3.29. The van der Waals surface area contributed by atoms with E-state index in [2.05, 4.69) is 15.5 Å². The van der Waals surface area contributed by atoms with Crippen LogP contribution in [-0.4, -0.2) is 33.2 Å². The van der Waals surface area contributed by atoms with E-state index in [1.54, 1.807) is 31.2 Å². The lowest BCUT2D eigenvalue weighted by molar-refractivity contribution is -0.147. The molecule has 0 atom stereocenters. The number of aromatic nitrogens is 3. The predicted molar refractivity (Wildman–Crippen MR) is 86.8 cm³/mol. The van der Waals surface area contributed by atoms with Gasteiger partial charge in [-0.1, -0.05) is 17.3 Å². The number of nitrogens with one attached hydrogen (secondary N) is 1. The number of fused-ring (bicyclic) bond motifs is 1. The van der Waals surface area contributed by atoms with Gasteiger partial charge in [0.1, 0.15) is 12.3 Å². The highest BCUT2D eigenvalue weighted by molar-refractivity contribution is 5.91. The molecule has 0 aliphatic rings. The minimum Gasteiger partial charge on any atom is -0.454 e. The van der Waals surface area contributed by atoms with Gasteiger partial charge in [0.15, 0.2) is 12.4 Å². The molecule has 9 nitrogen and oxygen atoms in total. The van der Waals surface area contributed by atoms with Gasteiger partial charge in [0, 0.05) is 6.07 Å². The Morgan fingerprint density at radius 1 is 1.32 bits per heavy atom. The van der Waals surface area contributed by atoms with Gasteiger partial charge in [0.2, 0.25) is 0 Å². The molecule has 2 heterocycles. The molecule has 0 aliphatic heterocycles. The minimum atomic E-state index is -0.731. The Labute approximate surface area is 141 Å². The van der Waals surface area contributed by atoms with Crippen LogP contribution in [0, 0.1) is 6.92 Å². The van der Waals surface area contributed by atoms with Crippen molar-refractivity contribution in [1.29, 1.82) is 0 Å². The van der Waals surface area contributed by atoms with E-state index in [4.69, 9.17) is 9.26 Å². The van der Waals surface area contributed by atoms with Crippen LogP contribution in [-0.2, 0) is 20.9 Å². The molecule has 9 heteroatoms. The van der Waals surface area contributed by atoms with Crippen LogP contribution in [0.4, 0.5) is 5.82 Å². The van der Waals surface area contributed by atoms with Gasteiger partial charge in [-0.3, -0.25) is 19.0 Å². The van der Waals surface area contributed by atoms with E-state index in [0.717, 1.165) is 4.57 Å². The molecular formula is C16H14N4O5. The normalized spacial score (nSPS) is 10.6. The summed E-state index contributed by atoms with van der Waals surface area (Å²) < 4.78 is 10.8. The first-order valence-corrected chi connectivity index (χ1v) is 7.36. The molecule has 0 fully saturated rings. The molecule has 2 aromatic heterocycles. The summed E-state index contributed by atoms with van der Waals surface area (Å²) in [4.78, 5) is 39.9. The maximum atomic E-state index is 12.3. The first kappa shape index (κ1) is 16.4. The number of carbonyl (C=O) groups is 2. The van der Waals surface area contributed by atoms with Crippen LogP contribution >= 0.6 is 0 Å². The molecule has 1 amide bonds. The topological polar surface area (TPSA) is 116 Å². The Bertz CT molecular complexity index is 991. The number of amides is 1. The standard InChI is InChI=1S/C16H14N4O5/c1-10-6-13(19-25-10)18-14(21)8-24-15(22)7-20-9-17-12-5-3-2-4-11(12)16(20)23/h2-6,9H,7-8H2,1H3,(H,18,19,21). The summed E-state index contributed by atoms with van der Waals surface area (Å²) in [5.41, 5.74) is 0.185. The zero-order chi connectivity index (χ0) is 17.8. The highest BCUT2D eigenvalue weighted by Crippen LogP contribution is 2.07. The second-order valence-electron chi connectivity index (χ2n) is 5.23. The van der Waals surface area contributed by atoms with E-state index in [9.17, 15) is 14.4 Å². The van der Waals surface area contributed by atoms with E-state index < -0.39 is 18.5 Å². The smallest absolute Gasteiger partial charge is 0.326 e. The monoisotopic (exact) mass is 342 g/mol. The molecule has 0 saturated heterocycles. The Balaban J connectivity index is 1.58. The molecule has 25 heavy (non-hydrogen) atoms. The second-order valence-corrected chi connectivity index (χ2v) is 5.23. The van der Waals surface area contributed by atoms with Crippen LogP contribution in [0.3, 0.4) is 0 Å². The molecule has 0 aliphatic carbocycles. The van der Waals surface area contributed by atoms with Crippen molar-refractivity contribution in [3.05, 3.63) is 52.8 Å². The molecule has 1 N–H and O–H groups in total. The highest BCUT2D eigenvalue weighted by atomic mass is 16.5. The molecule has 0 saturated carbocycles. The third-order valence-electron chi connectivity index (χ3n) is 3.29. The summed E-state index contributed by atoms with van der Waals surface area (Å²) in [6, 6.07) is 8.33. The molecular weight excluding hydrogens is 328 g/mol. The SMILES string of the molecule is Cc1cc(NC(=O)COC(=O)Cn2cnc3ccccc3c2=O)no1. The largest absolute Gasteiger partial charge is 0.454 e. The number of anilines is 1. The summed E-state index contributed by atoms with van der Waals surface area (Å²) in [5, 5.41) is 6.41. The van der Waals surface area contributed by atoms with Gasteiger partial charge in [-0.05, 0) is 19.1 Å². The summed E-state index contributed by atoms with van der Waals surface area (Å²) >= 11 is 0. The van der Waals surface area contributed by atoms with Gasteiger partial charge in [-0.15, -0.1) is 0 Å². The van der Waals surface area contributed by atoms with Gasteiger partial charge in [-0.2, -0.15) is 0 Å².